The molecular weight excluding hydrogens is 604 g/mol. The van der Waals surface area contributed by atoms with Gasteiger partial charge in [0.2, 0.25) is 11.6 Å². The topological polar surface area (TPSA) is 170 Å². The number of nitrogens with zero attached hydrogens (tertiary/aromatic N) is 1. The lowest BCUT2D eigenvalue weighted by Crippen LogP contribution is -2.56. The predicted molar refractivity (Wildman–Crippen MR) is 176 cm³/mol. The third-order valence-electron chi connectivity index (χ3n) is 9.78. The fourth-order valence-corrected chi connectivity index (χ4v) is 7.06. The number of ether oxygens (including phenoxy) is 3. The Balaban J connectivity index is 1.72. The average molecular weight is 655 g/mol. The number of nitrogens with two attached hydrogens (primary N) is 1. The number of hydrogen-bond donors (Lipinski definition) is 4. The molecule has 0 aromatic carbocycles. The molecule has 4 aliphatic heterocycles. The third kappa shape index (κ3) is 8.86. The minimum Gasteiger partial charge on any atom is -0.439 e. The Kier molecular flexibility index (Phi) is 12.4. The van der Waals surface area contributed by atoms with E-state index in [2.05, 4.69) is 15.5 Å². The number of hydrogen-bond acceptors (Lipinski definition) is 10. The highest BCUT2D eigenvalue weighted by molar-refractivity contribution is 6.23. The van der Waals surface area contributed by atoms with Crippen LogP contribution in [0, 0.1) is 17.8 Å². The smallest absolute Gasteiger partial charge is 0.405 e. The largest absolute Gasteiger partial charge is 0.439 e. The molecule has 5 N–H and O–H groups in total. The number of rotatable bonds is 5. The quantitative estimate of drug-likeness (QED) is 0.255. The van der Waals surface area contributed by atoms with Gasteiger partial charge in [0.1, 0.15) is 6.10 Å². The first-order chi connectivity index (χ1) is 22.3. The second kappa shape index (κ2) is 16.0. The second-order valence-corrected chi connectivity index (χ2v) is 13.3. The number of nitrogens with one attached hydrogen (secondary N) is 2. The van der Waals surface area contributed by atoms with Gasteiger partial charge in [-0.3, -0.25) is 14.4 Å². The fraction of sp³-hybridized carbons (Fsp3) is 0.600. The summed E-state index contributed by atoms with van der Waals surface area (Å²) in [6.07, 6.45) is 6.16. The molecule has 4 bridgehead atoms. The zero-order valence-corrected chi connectivity index (χ0v) is 28.3. The maximum absolute atomic E-state index is 14.0. The van der Waals surface area contributed by atoms with Crippen LogP contribution in [0.3, 0.4) is 0 Å². The number of amides is 2. The van der Waals surface area contributed by atoms with Gasteiger partial charge in [-0.05, 0) is 70.0 Å². The lowest BCUT2D eigenvalue weighted by atomic mass is 9.82. The van der Waals surface area contributed by atoms with Crippen molar-refractivity contribution < 1.29 is 38.5 Å². The summed E-state index contributed by atoms with van der Waals surface area (Å²) in [6, 6.07) is 0.0493. The van der Waals surface area contributed by atoms with E-state index < -0.39 is 48.1 Å². The van der Waals surface area contributed by atoms with Crippen LogP contribution in [0.25, 0.3) is 0 Å². The molecule has 12 nitrogen and oxygen atoms in total. The highest BCUT2D eigenvalue weighted by Crippen LogP contribution is 2.32. The standard InChI is InChI=1S/C35H50N4O8/c1-19-14-24-30(37-26-18-39-12-10-23(26)11-13-39)27(40)17-25(32(24)42)38-34(43)20(2)8-7-9-28(45-5)33(47-35(36)44)22(4)16-21(3)31(41)29(15-19)46-6/h7-9,16-17,19,21,23,26,28-29,31,33,37,41H,10-15,18H2,1-6H3,(H2,36,44)(H,38,43)/b9-7-,20-8+,22-16+/t19-,21+,26?,28+,29+,31-,33+/m1/s1. The van der Waals surface area contributed by atoms with E-state index in [-0.39, 0.29) is 41.1 Å². The van der Waals surface area contributed by atoms with Crippen LogP contribution in [0.5, 0.6) is 0 Å². The van der Waals surface area contributed by atoms with Crippen LogP contribution < -0.4 is 16.4 Å². The van der Waals surface area contributed by atoms with Gasteiger partial charge in [0, 0.05) is 49.9 Å². The summed E-state index contributed by atoms with van der Waals surface area (Å²) < 4.78 is 16.7. The van der Waals surface area contributed by atoms with Gasteiger partial charge in [0.15, 0.2) is 6.10 Å². The molecule has 47 heavy (non-hydrogen) atoms. The summed E-state index contributed by atoms with van der Waals surface area (Å²) in [7, 11) is 2.97. The first-order valence-electron chi connectivity index (χ1n) is 16.4. The SMILES string of the molecule is CO[C@H]1/C=C\C=C(/C)C(=O)NC2=CC(=O)C(NC3CN4CCC3CC4)=C(C[C@@H](C)C[C@H](OC)[C@H](O)[C@@H](C)/C=C(\C)[C@@H]1OC(N)=O)C2=O. The minimum absolute atomic E-state index is 0.0493. The number of piperidine rings is 3. The Labute approximate surface area is 277 Å². The number of carbonyl (C=O) groups is 4. The molecule has 0 aromatic heterocycles. The summed E-state index contributed by atoms with van der Waals surface area (Å²) >= 11 is 0. The molecule has 2 amide bonds. The number of aliphatic hydroxyl groups excluding tert-OH is 1. The van der Waals surface area contributed by atoms with E-state index in [0.717, 1.165) is 32.5 Å². The zero-order valence-electron chi connectivity index (χ0n) is 28.3. The normalized spacial score (nSPS) is 37.2. The molecule has 4 heterocycles. The van der Waals surface area contributed by atoms with Crippen molar-refractivity contribution in [2.45, 2.75) is 83.8 Å². The van der Waals surface area contributed by atoms with Crippen LogP contribution >= 0.6 is 0 Å². The Morgan fingerprint density at radius 2 is 1.81 bits per heavy atom. The molecule has 7 atom stereocenters. The molecular formula is C35H50N4O8. The van der Waals surface area contributed by atoms with Crippen molar-refractivity contribution in [3.8, 4) is 0 Å². The number of Topliss-reactive ketones (excluding diaryl/α,β-unsaturated/α-hetero) is 1. The Bertz CT molecular complexity index is 1370. The summed E-state index contributed by atoms with van der Waals surface area (Å²) in [5, 5.41) is 17.5. The van der Waals surface area contributed by atoms with E-state index in [9.17, 15) is 24.3 Å². The number of ketones is 2. The van der Waals surface area contributed by atoms with Crippen LogP contribution in [-0.2, 0) is 28.6 Å². The highest BCUT2D eigenvalue weighted by Gasteiger charge is 2.38. The Morgan fingerprint density at radius 3 is 2.40 bits per heavy atom. The molecule has 258 valence electrons. The molecule has 0 aromatic rings. The van der Waals surface area contributed by atoms with Gasteiger partial charge in [0.25, 0.3) is 5.91 Å². The van der Waals surface area contributed by atoms with E-state index in [1.54, 1.807) is 32.1 Å². The summed E-state index contributed by atoms with van der Waals surface area (Å²) in [6.45, 7) is 9.99. The average Bonchev–Trinajstić information content (AvgIpc) is 3.04. The predicted octanol–water partition coefficient (Wildman–Crippen LogP) is 2.45. The van der Waals surface area contributed by atoms with Crippen molar-refractivity contribution in [3.63, 3.8) is 0 Å². The summed E-state index contributed by atoms with van der Waals surface area (Å²) in [5.41, 5.74) is 6.77. The summed E-state index contributed by atoms with van der Waals surface area (Å²) in [4.78, 5) is 55.0. The maximum Gasteiger partial charge on any atom is 0.405 e. The molecule has 5 aliphatic rings. The Hall–Kier alpha value is -3.58. The number of fused-ring (bicyclic) bond motifs is 5. The van der Waals surface area contributed by atoms with Gasteiger partial charge in [-0.15, -0.1) is 0 Å². The van der Waals surface area contributed by atoms with Gasteiger partial charge in [-0.25, -0.2) is 4.79 Å². The summed E-state index contributed by atoms with van der Waals surface area (Å²) in [5.74, 6) is -1.52. The van der Waals surface area contributed by atoms with Gasteiger partial charge in [-0.1, -0.05) is 38.2 Å². The Morgan fingerprint density at radius 1 is 1.11 bits per heavy atom. The van der Waals surface area contributed by atoms with Crippen molar-refractivity contribution >= 4 is 23.6 Å². The van der Waals surface area contributed by atoms with Crippen LogP contribution in [-0.4, -0.2) is 97.9 Å². The number of methoxy groups -OCH3 is 2. The monoisotopic (exact) mass is 654 g/mol. The van der Waals surface area contributed by atoms with E-state index in [1.807, 2.05) is 13.8 Å². The molecule has 0 saturated carbocycles. The van der Waals surface area contributed by atoms with Gasteiger partial charge >= 0.3 is 6.09 Å². The van der Waals surface area contributed by atoms with Gasteiger partial charge < -0.3 is 40.6 Å². The van der Waals surface area contributed by atoms with E-state index in [4.69, 9.17) is 19.9 Å². The van der Waals surface area contributed by atoms with E-state index in [0.29, 0.717) is 23.5 Å². The number of aliphatic hydroxyl groups is 1. The van der Waals surface area contributed by atoms with Crippen molar-refractivity contribution in [1.29, 1.82) is 0 Å². The molecule has 3 saturated heterocycles. The second-order valence-electron chi connectivity index (χ2n) is 13.3. The van der Waals surface area contributed by atoms with Crippen molar-refractivity contribution in [1.82, 2.24) is 15.5 Å². The van der Waals surface area contributed by atoms with Crippen molar-refractivity contribution in [2.24, 2.45) is 23.5 Å². The van der Waals surface area contributed by atoms with Gasteiger partial charge in [0.05, 0.1) is 23.6 Å². The number of carbonyl (C=O) groups excluding carboxylic acids is 4. The van der Waals surface area contributed by atoms with Crippen LogP contribution in [0.1, 0.15) is 53.4 Å². The molecule has 0 spiro atoms. The van der Waals surface area contributed by atoms with Crippen LogP contribution in [0.4, 0.5) is 4.79 Å². The van der Waals surface area contributed by atoms with Crippen LogP contribution in [0.2, 0.25) is 0 Å². The lowest BCUT2D eigenvalue weighted by Gasteiger charge is -2.45. The molecule has 5 rings (SSSR count). The first kappa shape index (κ1) is 36.3. The maximum atomic E-state index is 14.0. The molecule has 1 unspecified atom stereocenters. The highest BCUT2D eigenvalue weighted by atomic mass is 16.6. The number of allylic oxidation sites excluding steroid dienone is 4. The molecule has 12 heteroatoms. The van der Waals surface area contributed by atoms with Gasteiger partial charge in [-0.2, -0.15) is 0 Å². The first-order valence-corrected chi connectivity index (χ1v) is 16.4. The van der Waals surface area contributed by atoms with Crippen molar-refractivity contribution in [2.75, 3.05) is 33.9 Å². The fourth-order valence-electron chi connectivity index (χ4n) is 7.06. The minimum atomic E-state index is -0.991. The van der Waals surface area contributed by atoms with E-state index >= 15 is 0 Å². The third-order valence-corrected chi connectivity index (χ3v) is 9.78. The van der Waals surface area contributed by atoms with Crippen LogP contribution in [0.15, 0.2) is 58.5 Å². The molecule has 0 radical (unpaired) electrons. The number of primary amides is 1. The lowest BCUT2D eigenvalue weighted by molar-refractivity contribution is -0.120. The molecule has 3 fully saturated rings. The van der Waals surface area contributed by atoms with Crippen molar-refractivity contribution in [3.05, 3.63) is 58.5 Å². The molecule has 1 aliphatic carbocycles. The van der Waals surface area contributed by atoms with E-state index in [1.165, 1.54) is 26.4 Å². The zero-order chi connectivity index (χ0) is 34.4.